The summed E-state index contributed by atoms with van der Waals surface area (Å²) in [6.45, 7) is 8.90. The van der Waals surface area contributed by atoms with E-state index in [0.717, 1.165) is 42.6 Å². The van der Waals surface area contributed by atoms with E-state index in [1.54, 1.807) is 13.3 Å². The van der Waals surface area contributed by atoms with Crippen LogP contribution in [-0.4, -0.2) is 43.2 Å². The lowest BCUT2D eigenvalue weighted by Crippen LogP contribution is -2.23. The van der Waals surface area contributed by atoms with Crippen LogP contribution in [0.2, 0.25) is 0 Å². The molecular formula is C20H32N4O. The van der Waals surface area contributed by atoms with Crippen LogP contribution >= 0.6 is 0 Å². The van der Waals surface area contributed by atoms with Crippen molar-refractivity contribution in [2.45, 2.75) is 39.5 Å². The van der Waals surface area contributed by atoms with Gasteiger partial charge in [-0.05, 0) is 44.6 Å². The number of nitrogen functional groups attached to an aromatic ring is 1. The second-order valence-corrected chi connectivity index (χ2v) is 6.31. The molecule has 0 saturated carbocycles. The molecule has 2 aromatic rings. The molecule has 1 aromatic heterocycles. The van der Waals surface area contributed by atoms with Crippen LogP contribution in [0.1, 0.15) is 39.5 Å². The molecule has 0 unspecified atom stereocenters. The molecular weight excluding hydrogens is 312 g/mol. The third-order valence-corrected chi connectivity index (χ3v) is 4.72. The lowest BCUT2D eigenvalue weighted by atomic mass is 10.1. The van der Waals surface area contributed by atoms with Crippen LogP contribution in [0.5, 0.6) is 5.75 Å². The molecule has 138 valence electrons. The van der Waals surface area contributed by atoms with Crippen molar-refractivity contribution in [2.24, 2.45) is 0 Å². The SMILES string of the molecule is CCN(CC)CCCCCCNc1cc(OC)c(N)c2cccnc12. The van der Waals surface area contributed by atoms with Gasteiger partial charge in [0.25, 0.3) is 0 Å². The summed E-state index contributed by atoms with van der Waals surface area (Å²) in [5, 5.41) is 4.44. The van der Waals surface area contributed by atoms with Gasteiger partial charge < -0.3 is 20.7 Å². The van der Waals surface area contributed by atoms with Crippen LogP contribution in [0.3, 0.4) is 0 Å². The van der Waals surface area contributed by atoms with Crippen molar-refractivity contribution in [2.75, 3.05) is 44.3 Å². The van der Waals surface area contributed by atoms with E-state index in [1.807, 2.05) is 18.2 Å². The van der Waals surface area contributed by atoms with Gasteiger partial charge in [0.05, 0.1) is 24.0 Å². The fourth-order valence-corrected chi connectivity index (χ4v) is 3.13. The number of fused-ring (bicyclic) bond motifs is 1. The average molecular weight is 345 g/mol. The molecule has 0 spiro atoms. The predicted octanol–water partition coefficient (Wildman–Crippen LogP) is 4.14. The molecule has 0 aliphatic rings. The zero-order valence-corrected chi connectivity index (χ0v) is 15.8. The Morgan fingerprint density at radius 1 is 1.16 bits per heavy atom. The minimum absolute atomic E-state index is 0.646. The first-order valence-electron chi connectivity index (χ1n) is 9.38. The van der Waals surface area contributed by atoms with E-state index in [4.69, 9.17) is 10.5 Å². The van der Waals surface area contributed by atoms with E-state index in [2.05, 4.69) is 29.0 Å². The highest BCUT2D eigenvalue weighted by Crippen LogP contribution is 2.35. The minimum Gasteiger partial charge on any atom is -0.494 e. The van der Waals surface area contributed by atoms with Gasteiger partial charge in [0.1, 0.15) is 5.75 Å². The zero-order chi connectivity index (χ0) is 18.1. The Bertz CT molecular complexity index is 655. The van der Waals surface area contributed by atoms with Gasteiger partial charge in [-0.3, -0.25) is 4.98 Å². The van der Waals surface area contributed by atoms with E-state index in [9.17, 15) is 0 Å². The summed E-state index contributed by atoms with van der Waals surface area (Å²) in [4.78, 5) is 6.96. The quantitative estimate of drug-likeness (QED) is 0.474. The fraction of sp³-hybridized carbons (Fsp3) is 0.550. The van der Waals surface area contributed by atoms with Gasteiger partial charge >= 0.3 is 0 Å². The van der Waals surface area contributed by atoms with Crippen molar-refractivity contribution in [3.8, 4) is 5.75 Å². The van der Waals surface area contributed by atoms with Gasteiger partial charge in [-0.1, -0.05) is 26.7 Å². The number of anilines is 2. The van der Waals surface area contributed by atoms with Gasteiger partial charge in [0.15, 0.2) is 0 Å². The normalized spacial score (nSPS) is 11.2. The number of ether oxygens (including phenoxy) is 1. The van der Waals surface area contributed by atoms with E-state index >= 15 is 0 Å². The highest BCUT2D eigenvalue weighted by atomic mass is 16.5. The second kappa shape index (κ2) is 10.1. The molecule has 0 bridgehead atoms. The number of unbranched alkanes of at least 4 members (excludes halogenated alkanes) is 3. The van der Waals surface area contributed by atoms with Crippen LogP contribution < -0.4 is 15.8 Å². The Labute approximate surface area is 151 Å². The molecule has 0 aliphatic heterocycles. The minimum atomic E-state index is 0.646. The lowest BCUT2D eigenvalue weighted by Gasteiger charge is -2.17. The van der Waals surface area contributed by atoms with Crippen molar-refractivity contribution in [3.63, 3.8) is 0 Å². The first-order valence-corrected chi connectivity index (χ1v) is 9.38. The number of hydrogen-bond acceptors (Lipinski definition) is 5. The molecule has 1 heterocycles. The Hall–Kier alpha value is -2.01. The van der Waals surface area contributed by atoms with Crippen molar-refractivity contribution >= 4 is 22.3 Å². The summed E-state index contributed by atoms with van der Waals surface area (Å²) in [7, 11) is 1.65. The fourth-order valence-electron chi connectivity index (χ4n) is 3.13. The first-order chi connectivity index (χ1) is 12.2. The molecule has 5 heteroatoms. The van der Waals surface area contributed by atoms with Crippen LogP contribution in [0.4, 0.5) is 11.4 Å². The maximum atomic E-state index is 6.16. The van der Waals surface area contributed by atoms with Crippen molar-refractivity contribution in [1.82, 2.24) is 9.88 Å². The number of nitrogens with two attached hydrogens (primary N) is 1. The number of nitrogens with zero attached hydrogens (tertiary/aromatic N) is 2. The maximum Gasteiger partial charge on any atom is 0.144 e. The monoisotopic (exact) mass is 344 g/mol. The lowest BCUT2D eigenvalue weighted by molar-refractivity contribution is 0.295. The molecule has 0 radical (unpaired) electrons. The standard InChI is InChI=1S/C20H32N4O/c1-4-24(5-2)14-9-7-6-8-12-22-17-15-18(25-3)19(21)16-11-10-13-23-20(16)17/h10-11,13,15,22H,4-9,12,14,21H2,1-3H3. The number of benzene rings is 1. The molecule has 0 amide bonds. The summed E-state index contributed by atoms with van der Waals surface area (Å²) in [6, 6.07) is 5.83. The number of hydrogen-bond donors (Lipinski definition) is 2. The number of methoxy groups -OCH3 is 1. The Balaban J connectivity index is 1.84. The smallest absolute Gasteiger partial charge is 0.144 e. The topological polar surface area (TPSA) is 63.4 Å². The van der Waals surface area contributed by atoms with Gasteiger partial charge in [-0.25, -0.2) is 0 Å². The largest absolute Gasteiger partial charge is 0.494 e. The van der Waals surface area contributed by atoms with Gasteiger partial charge in [0.2, 0.25) is 0 Å². The van der Waals surface area contributed by atoms with Crippen molar-refractivity contribution in [1.29, 1.82) is 0 Å². The number of aromatic nitrogens is 1. The highest BCUT2D eigenvalue weighted by Gasteiger charge is 2.10. The molecule has 2 rings (SSSR count). The number of pyridine rings is 1. The van der Waals surface area contributed by atoms with E-state index in [0.29, 0.717) is 11.4 Å². The first kappa shape index (κ1) is 19.3. The van der Waals surface area contributed by atoms with Crippen molar-refractivity contribution in [3.05, 3.63) is 24.4 Å². The van der Waals surface area contributed by atoms with E-state index in [-0.39, 0.29) is 0 Å². The van der Waals surface area contributed by atoms with E-state index < -0.39 is 0 Å². The average Bonchev–Trinajstić information content (AvgIpc) is 2.66. The molecule has 25 heavy (non-hydrogen) atoms. The maximum absolute atomic E-state index is 6.16. The number of nitrogens with one attached hydrogen (secondary N) is 1. The predicted molar refractivity (Wildman–Crippen MR) is 107 cm³/mol. The van der Waals surface area contributed by atoms with E-state index in [1.165, 1.54) is 25.8 Å². The molecule has 0 atom stereocenters. The van der Waals surface area contributed by atoms with Gasteiger partial charge in [-0.2, -0.15) is 0 Å². The Morgan fingerprint density at radius 3 is 2.64 bits per heavy atom. The summed E-state index contributed by atoms with van der Waals surface area (Å²) in [5.74, 6) is 0.697. The molecule has 0 saturated heterocycles. The second-order valence-electron chi connectivity index (χ2n) is 6.31. The third-order valence-electron chi connectivity index (χ3n) is 4.72. The van der Waals surface area contributed by atoms with Crippen LogP contribution in [0.15, 0.2) is 24.4 Å². The summed E-state index contributed by atoms with van der Waals surface area (Å²) >= 11 is 0. The molecule has 5 nitrogen and oxygen atoms in total. The van der Waals surface area contributed by atoms with Gasteiger partial charge in [-0.15, -0.1) is 0 Å². The van der Waals surface area contributed by atoms with Gasteiger partial charge in [0, 0.05) is 24.2 Å². The van der Waals surface area contributed by atoms with Crippen LogP contribution in [0.25, 0.3) is 10.9 Å². The zero-order valence-electron chi connectivity index (χ0n) is 15.8. The number of rotatable bonds is 11. The molecule has 3 N–H and O–H groups in total. The summed E-state index contributed by atoms with van der Waals surface area (Å²) in [6.07, 6.45) is 6.75. The van der Waals surface area contributed by atoms with Crippen LogP contribution in [-0.2, 0) is 0 Å². The Morgan fingerprint density at radius 2 is 1.92 bits per heavy atom. The van der Waals surface area contributed by atoms with Crippen LogP contribution in [0, 0.1) is 0 Å². The summed E-state index contributed by atoms with van der Waals surface area (Å²) < 4.78 is 5.40. The molecule has 0 fully saturated rings. The molecule has 1 aromatic carbocycles. The van der Waals surface area contributed by atoms with Crippen molar-refractivity contribution < 1.29 is 4.74 Å². The molecule has 0 aliphatic carbocycles. The Kier molecular flexibility index (Phi) is 7.79. The summed E-state index contributed by atoms with van der Waals surface area (Å²) in [5.41, 5.74) is 8.70. The highest BCUT2D eigenvalue weighted by molar-refractivity contribution is 6.01. The third kappa shape index (κ3) is 5.23.